The van der Waals surface area contributed by atoms with Crippen molar-refractivity contribution in [2.75, 3.05) is 250 Å². The summed E-state index contributed by atoms with van der Waals surface area (Å²) in [5.74, 6) is -18.9. The number of methoxy groups -OCH3 is 2. The number of amides is 12. The van der Waals surface area contributed by atoms with Gasteiger partial charge in [-0.2, -0.15) is 0 Å². The second-order valence-electron chi connectivity index (χ2n) is 31.7. The minimum atomic E-state index is -0.835. The van der Waals surface area contributed by atoms with E-state index in [0.717, 1.165) is 25.7 Å². The van der Waals surface area contributed by atoms with Crippen LogP contribution < -0.4 is 75.3 Å². The van der Waals surface area contributed by atoms with Crippen LogP contribution in [-0.4, -0.2) is 402 Å². The Kier molecular flexibility index (Phi) is 60.2. The first kappa shape index (κ1) is 126. The minimum absolute atomic E-state index is 0. The summed E-state index contributed by atoms with van der Waals surface area (Å²) < 4.78 is 32.0. The molecule has 0 aliphatic carbocycles. The molecule has 0 fully saturated rings. The number of hydrogen-bond acceptors (Lipinski definition) is 36. The predicted octanol–water partition coefficient (Wildman–Crippen LogP) is -0.483. The molecule has 52 heteroatoms. The summed E-state index contributed by atoms with van der Waals surface area (Å²) in [7, 11) is 3.13. The summed E-state index contributed by atoms with van der Waals surface area (Å²) in [5.41, 5.74) is 7.36. The second-order valence-corrected chi connectivity index (χ2v) is 31.7. The number of halogens is 3. The number of carbonyl (C=O) groups excluding carboxylic acids is 12. The summed E-state index contributed by atoms with van der Waals surface area (Å²) in [5, 5.41) is 160. The van der Waals surface area contributed by atoms with Crippen LogP contribution in [0.4, 0.5) is 0 Å². The van der Waals surface area contributed by atoms with Gasteiger partial charge >= 0.3 is 0 Å². The maximum atomic E-state index is 13.2. The molecule has 8 heterocycles. The Morgan fingerprint density at radius 3 is 0.639 bits per heavy atom. The van der Waals surface area contributed by atoms with E-state index in [1.165, 1.54) is 72.8 Å². The molecule has 0 aromatic heterocycles. The van der Waals surface area contributed by atoms with Crippen LogP contribution in [-0.2, 0) is 28.4 Å². The van der Waals surface area contributed by atoms with Gasteiger partial charge < -0.3 is 165 Å². The number of carbonyl (C=O) groups is 12. The average Bonchev–Trinajstić information content (AvgIpc) is 0.840. The van der Waals surface area contributed by atoms with E-state index >= 15 is 0 Å². The molecule has 12 amide bonds. The molecule has 8 aliphatic rings. The molecular formula is C92H133Cl3N18O30Th. The summed E-state index contributed by atoms with van der Waals surface area (Å²) in [6.45, 7) is 7.07. The van der Waals surface area contributed by atoms with Gasteiger partial charge in [-0.15, -0.1) is 37.2 Å². The third-order valence-corrected chi connectivity index (χ3v) is 22.0. The smallest absolute Gasteiger partial charge is 0.255 e. The van der Waals surface area contributed by atoms with E-state index < -0.39 is 140 Å². The quantitative estimate of drug-likeness (QED) is 0.0172. The van der Waals surface area contributed by atoms with Crippen molar-refractivity contribution in [3.8, 4) is 69.0 Å². The number of benzene rings is 6. The Labute approximate surface area is 881 Å². The van der Waals surface area contributed by atoms with E-state index in [1.807, 2.05) is 9.80 Å². The minimum Gasteiger partial charge on any atom is -0.504 e. The van der Waals surface area contributed by atoms with Crippen molar-refractivity contribution in [1.82, 2.24) is 83.4 Å². The predicted molar refractivity (Wildman–Crippen MR) is 527 cm³/mol. The van der Waals surface area contributed by atoms with E-state index in [0.29, 0.717) is 105 Å². The number of nitrogens with zero attached hydrogens (tertiary/aromatic N) is 4. The van der Waals surface area contributed by atoms with Gasteiger partial charge in [-0.1, -0.05) is 12.8 Å². The van der Waals surface area contributed by atoms with E-state index in [1.54, 1.807) is 24.0 Å². The molecule has 6 aromatic carbocycles. The standard InChI is InChI=1S/2C46H65N9O15.3ClH.Th/c2*1-68-25-26-70-28-27-69-24-23-55-21-16-52-45(66)33-9-7-31(37(58)39(33)60)43(64)50-14-19-54(20-15-51-44(65)32-8-10-34(40(61)38(32)59)46(67)53-17-22-55)18-13-49-42(63)30-6-5-29(35(56)36(30)57)41(62)48-12-4-2-3-11-47;;;;/h2*5-10,56-61H,2-4,11-28,47H2,1H3,(H,48,62)(H,49,63)(H,50,64)(H,51,65)(H,52,66)(H,53,67);3*1H;. The number of aromatic hydroxyl groups is 12. The SMILES string of the molecule is COCCOCCOCCN1CCNC(=O)c2ccc(c(O)c2O)C(=O)NCCN(CCNC(=O)c2ccc(C(=O)NCCCCCN)c(O)c2O)CCNC(=O)c2ccc(c(O)c2O)C(=O)NCC1.COCCOCCOCCN1CCNC(=O)c2ccc(c(O)c2O)C(=O)NCCN(CCNC(=O)c2ccc(C(=O)NCCCCCN)c(O)c2O)CCNC(=O)c2ccc(c(O)c2O)C(=O)NCC1.Cl.Cl.Cl.[Th]. The van der Waals surface area contributed by atoms with Crippen LogP contribution in [0.5, 0.6) is 69.0 Å². The molecule has 48 nitrogen and oxygen atoms in total. The number of hydrogen-bond donors (Lipinski definition) is 26. The fourth-order valence-electron chi connectivity index (χ4n) is 14.0. The van der Waals surface area contributed by atoms with Crippen LogP contribution in [0, 0.1) is 39.9 Å². The molecule has 0 unspecified atom stereocenters. The molecule has 0 radical (unpaired) electrons. The second kappa shape index (κ2) is 68.6. The van der Waals surface area contributed by atoms with Gasteiger partial charge in [-0.3, -0.25) is 77.1 Å². The molecule has 8 bridgehead atoms. The van der Waals surface area contributed by atoms with E-state index in [2.05, 4.69) is 63.8 Å². The van der Waals surface area contributed by atoms with E-state index in [-0.39, 0.29) is 288 Å². The number of nitrogens with two attached hydrogens (primary N) is 2. The van der Waals surface area contributed by atoms with Crippen LogP contribution >= 0.6 is 37.2 Å². The van der Waals surface area contributed by atoms with Crippen molar-refractivity contribution in [1.29, 1.82) is 0 Å². The largest absolute Gasteiger partial charge is 0.504 e. The molecule has 0 saturated carbocycles. The number of phenols is 12. The van der Waals surface area contributed by atoms with Crippen LogP contribution in [0.25, 0.3) is 0 Å². The first-order chi connectivity index (χ1) is 67.4. The Hall–Kier alpha value is -11.7. The number of phenolic OH excluding ortho intramolecular Hbond substituents is 12. The average molecular weight is 2310 g/mol. The van der Waals surface area contributed by atoms with Crippen molar-refractivity contribution in [3.63, 3.8) is 0 Å². The molecule has 144 heavy (non-hydrogen) atoms. The van der Waals surface area contributed by atoms with Crippen LogP contribution in [0.15, 0.2) is 72.8 Å². The summed E-state index contributed by atoms with van der Waals surface area (Å²) in [4.78, 5) is 164. The molecule has 28 N–H and O–H groups in total. The third kappa shape index (κ3) is 40.4. The van der Waals surface area contributed by atoms with Gasteiger partial charge in [0.1, 0.15) is 0 Å². The number of ether oxygens (including phenoxy) is 6. The Morgan fingerprint density at radius 1 is 0.264 bits per heavy atom. The van der Waals surface area contributed by atoms with Gasteiger partial charge in [0, 0.05) is 211 Å². The first-order valence-electron chi connectivity index (χ1n) is 45.7. The van der Waals surface area contributed by atoms with Crippen LogP contribution in [0.1, 0.15) is 163 Å². The van der Waals surface area contributed by atoms with Crippen LogP contribution in [0.2, 0.25) is 0 Å². The van der Waals surface area contributed by atoms with E-state index in [4.69, 9.17) is 39.9 Å². The third-order valence-electron chi connectivity index (χ3n) is 22.0. The normalized spacial score (nSPS) is 14.5. The maximum Gasteiger partial charge on any atom is 0.255 e. The first-order valence-corrected chi connectivity index (χ1v) is 45.7. The molecule has 0 saturated heterocycles. The summed E-state index contributed by atoms with van der Waals surface area (Å²) in [6.07, 6.45) is 4.47. The fraction of sp³-hybridized carbons (Fsp3) is 0.478. The number of rotatable bonds is 38. The molecule has 8 aliphatic heterocycles. The van der Waals surface area contributed by atoms with Crippen molar-refractivity contribution in [3.05, 3.63) is 140 Å². The fourth-order valence-corrected chi connectivity index (χ4v) is 14.0. The molecular weight excluding hydrogens is 2180 g/mol. The molecule has 6 aromatic rings. The number of unbranched alkanes of at least 4 members (excludes halogenated alkanes) is 4. The van der Waals surface area contributed by atoms with Gasteiger partial charge in [0.2, 0.25) is 0 Å². The maximum absolute atomic E-state index is 13.2. The van der Waals surface area contributed by atoms with E-state index in [9.17, 15) is 119 Å². The molecule has 0 atom stereocenters. The molecule has 14 rings (SSSR count). The number of nitrogens with one attached hydrogen (secondary N) is 12. The monoisotopic (exact) mass is 2310 g/mol. The van der Waals surface area contributed by atoms with Gasteiger partial charge in [0.15, 0.2) is 69.0 Å². The topological polar surface area (TPSA) is 712 Å². The van der Waals surface area contributed by atoms with Crippen LogP contribution in [0.3, 0.4) is 0 Å². The van der Waals surface area contributed by atoms with Gasteiger partial charge in [0.25, 0.3) is 70.9 Å². The summed E-state index contributed by atoms with van der Waals surface area (Å²) >= 11 is 0. The van der Waals surface area contributed by atoms with Crippen molar-refractivity contribution >= 4 is 108 Å². The van der Waals surface area contributed by atoms with Gasteiger partial charge in [-0.25, -0.2) is 0 Å². The summed E-state index contributed by atoms with van der Waals surface area (Å²) in [6, 6.07) is 14.2. The molecule has 796 valence electrons. The Morgan fingerprint density at radius 2 is 0.444 bits per heavy atom. The van der Waals surface area contributed by atoms with Gasteiger partial charge in [-0.05, 0) is 112 Å². The Balaban J connectivity index is 0.000000720. The van der Waals surface area contributed by atoms with Crippen molar-refractivity contribution in [2.45, 2.75) is 38.5 Å². The van der Waals surface area contributed by atoms with Crippen molar-refractivity contribution in [2.24, 2.45) is 11.5 Å². The van der Waals surface area contributed by atoms with Gasteiger partial charge in [0.05, 0.1) is 133 Å². The zero-order valence-electron chi connectivity index (χ0n) is 80.0. The molecule has 0 spiro atoms. The zero-order valence-corrected chi connectivity index (χ0v) is 86.6. The Bertz CT molecular complexity index is 4680. The van der Waals surface area contributed by atoms with Crippen molar-refractivity contribution < 1.29 is 187 Å². The zero-order chi connectivity index (χ0) is 102.